The second-order valence-corrected chi connectivity index (χ2v) is 6.96. The third-order valence-corrected chi connectivity index (χ3v) is 4.75. The minimum atomic E-state index is 0. The third kappa shape index (κ3) is 7.73. The predicted molar refractivity (Wildman–Crippen MR) is 123 cm³/mol. The van der Waals surface area contributed by atoms with Gasteiger partial charge in [0.2, 0.25) is 5.91 Å². The Hall–Kier alpha value is -1.71. The third-order valence-electron chi connectivity index (χ3n) is 4.75. The molecule has 158 valence electrons. The van der Waals surface area contributed by atoms with Crippen molar-refractivity contribution in [2.75, 3.05) is 34.9 Å². The molecule has 1 aromatic carbocycles. The van der Waals surface area contributed by atoms with Crippen LogP contribution in [-0.2, 0) is 11.3 Å². The van der Waals surface area contributed by atoms with Crippen LogP contribution in [0.25, 0.3) is 0 Å². The zero-order valence-corrected chi connectivity index (χ0v) is 19.6. The Bertz CT molecular complexity index is 646. The van der Waals surface area contributed by atoms with Gasteiger partial charge in [-0.1, -0.05) is 19.3 Å². The second-order valence-electron chi connectivity index (χ2n) is 6.96. The zero-order valence-electron chi connectivity index (χ0n) is 17.3. The highest BCUT2D eigenvalue weighted by atomic mass is 127. The molecule has 0 spiro atoms. The average Bonchev–Trinajstić information content (AvgIpc) is 2.70. The number of hydrogen-bond donors (Lipinski definition) is 2. The maximum atomic E-state index is 11.9. The van der Waals surface area contributed by atoms with E-state index in [1.165, 1.54) is 19.3 Å². The van der Waals surface area contributed by atoms with Gasteiger partial charge < -0.3 is 25.0 Å². The number of benzene rings is 1. The lowest BCUT2D eigenvalue weighted by molar-refractivity contribution is -0.127. The van der Waals surface area contributed by atoms with Gasteiger partial charge in [-0.3, -0.25) is 4.79 Å². The van der Waals surface area contributed by atoms with Crippen molar-refractivity contribution in [3.8, 4) is 11.5 Å². The number of nitrogens with one attached hydrogen (secondary N) is 2. The van der Waals surface area contributed by atoms with Crippen molar-refractivity contribution in [2.24, 2.45) is 4.99 Å². The van der Waals surface area contributed by atoms with Crippen LogP contribution in [0.15, 0.2) is 23.2 Å². The summed E-state index contributed by atoms with van der Waals surface area (Å²) >= 11 is 0. The quantitative estimate of drug-likeness (QED) is 0.340. The van der Waals surface area contributed by atoms with Crippen LogP contribution in [-0.4, -0.2) is 57.7 Å². The summed E-state index contributed by atoms with van der Waals surface area (Å²) in [7, 11) is 6.76. The van der Waals surface area contributed by atoms with Gasteiger partial charge in [-0.2, -0.15) is 0 Å². The van der Waals surface area contributed by atoms with Gasteiger partial charge in [0.25, 0.3) is 0 Å². The standard InChI is InChI=1S/C20H32N4O3.HI/c1-24(2)19(25)14-22-20(23-16-8-6-5-7-9-16)21-13-15-10-11-17(26-3)12-18(15)27-4;/h10-12,16H,5-9,13-14H2,1-4H3,(H2,21,22,23);1H. The van der Waals surface area contributed by atoms with Crippen molar-refractivity contribution >= 4 is 35.8 Å². The van der Waals surface area contributed by atoms with E-state index in [0.717, 1.165) is 29.9 Å². The molecule has 1 aromatic rings. The number of amides is 1. The van der Waals surface area contributed by atoms with E-state index in [0.29, 0.717) is 18.5 Å². The van der Waals surface area contributed by atoms with Gasteiger partial charge in [0.1, 0.15) is 11.5 Å². The largest absolute Gasteiger partial charge is 0.497 e. The Balaban J connectivity index is 0.00000392. The van der Waals surface area contributed by atoms with Crippen molar-refractivity contribution in [2.45, 2.75) is 44.7 Å². The minimum absolute atomic E-state index is 0. The molecule has 0 bridgehead atoms. The minimum Gasteiger partial charge on any atom is -0.497 e. The van der Waals surface area contributed by atoms with Crippen molar-refractivity contribution in [3.63, 3.8) is 0 Å². The molecule has 2 N–H and O–H groups in total. The number of rotatable bonds is 7. The first-order valence-electron chi connectivity index (χ1n) is 9.49. The van der Waals surface area contributed by atoms with E-state index in [-0.39, 0.29) is 36.4 Å². The molecule has 1 aliphatic carbocycles. The Morgan fingerprint density at radius 3 is 2.50 bits per heavy atom. The molecule has 28 heavy (non-hydrogen) atoms. The number of halogens is 1. The van der Waals surface area contributed by atoms with Crippen LogP contribution < -0.4 is 20.1 Å². The lowest BCUT2D eigenvalue weighted by Crippen LogP contribution is -2.47. The first kappa shape index (κ1) is 24.3. The van der Waals surface area contributed by atoms with Crippen LogP contribution in [0.1, 0.15) is 37.7 Å². The van der Waals surface area contributed by atoms with E-state index in [9.17, 15) is 4.79 Å². The van der Waals surface area contributed by atoms with E-state index in [1.807, 2.05) is 18.2 Å². The number of hydrogen-bond acceptors (Lipinski definition) is 4. The monoisotopic (exact) mass is 504 g/mol. The lowest BCUT2D eigenvalue weighted by atomic mass is 9.96. The van der Waals surface area contributed by atoms with Gasteiger partial charge in [-0.05, 0) is 25.0 Å². The molecule has 8 heteroatoms. The fourth-order valence-corrected chi connectivity index (χ4v) is 3.06. The molecule has 1 saturated carbocycles. The molecular formula is C20H33IN4O3. The Morgan fingerprint density at radius 1 is 1.18 bits per heavy atom. The fraction of sp³-hybridized carbons (Fsp3) is 0.600. The molecule has 1 aliphatic rings. The van der Waals surface area contributed by atoms with Gasteiger partial charge >= 0.3 is 0 Å². The van der Waals surface area contributed by atoms with E-state index in [2.05, 4.69) is 15.6 Å². The topological polar surface area (TPSA) is 75.2 Å². The van der Waals surface area contributed by atoms with Gasteiger partial charge in [0.15, 0.2) is 5.96 Å². The van der Waals surface area contributed by atoms with Crippen LogP contribution in [0.4, 0.5) is 0 Å². The number of carbonyl (C=O) groups excluding carboxylic acids is 1. The summed E-state index contributed by atoms with van der Waals surface area (Å²) in [6, 6.07) is 6.09. The predicted octanol–water partition coefficient (Wildman–Crippen LogP) is 2.78. The Labute approximate surface area is 185 Å². The average molecular weight is 504 g/mol. The maximum Gasteiger partial charge on any atom is 0.241 e. The molecule has 1 amide bonds. The number of nitrogens with zero attached hydrogens (tertiary/aromatic N) is 2. The number of methoxy groups -OCH3 is 2. The Kier molecular flexibility index (Phi) is 11.0. The number of aliphatic imine (C=N–C) groups is 1. The molecule has 0 aliphatic heterocycles. The van der Waals surface area contributed by atoms with Crippen molar-refractivity contribution in [1.82, 2.24) is 15.5 Å². The van der Waals surface area contributed by atoms with Crippen LogP contribution >= 0.6 is 24.0 Å². The molecule has 0 atom stereocenters. The highest BCUT2D eigenvalue weighted by molar-refractivity contribution is 14.0. The number of likely N-dealkylation sites (N-methyl/N-ethyl adjacent to an activating group) is 1. The second kappa shape index (κ2) is 12.7. The fourth-order valence-electron chi connectivity index (χ4n) is 3.06. The van der Waals surface area contributed by atoms with Crippen LogP contribution in [0.5, 0.6) is 11.5 Å². The van der Waals surface area contributed by atoms with E-state index in [4.69, 9.17) is 9.47 Å². The molecule has 1 fully saturated rings. The van der Waals surface area contributed by atoms with Crippen LogP contribution in [0, 0.1) is 0 Å². The highest BCUT2D eigenvalue weighted by Crippen LogP contribution is 2.25. The lowest BCUT2D eigenvalue weighted by Gasteiger charge is -2.25. The Morgan fingerprint density at radius 2 is 1.89 bits per heavy atom. The summed E-state index contributed by atoms with van der Waals surface area (Å²) in [5.74, 6) is 2.15. The molecule has 0 radical (unpaired) electrons. The highest BCUT2D eigenvalue weighted by Gasteiger charge is 2.16. The van der Waals surface area contributed by atoms with Gasteiger partial charge in [0, 0.05) is 31.8 Å². The van der Waals surface area contributed by atoms with Gasteiger partial charge in [-0.25, -0.2) is 4.99 Å². The number of guanidine groups is 1. The summed E-state index contributed by atoms with van der Waals surface area (Å²) in [5.41, 5.74) is 0.960. The molecular weight excluding hydrogens is 471 g/mol. The summed E-state index contributed by atoms with van der Waals surface area (Å²) in [6.07, 6.45) is 6.02. The molecule has 0 saturated heterocycles. The summed E-state index contributed by atoms with van der Waals surface area (Å²) in [6.45, 7) is 0.663. The van der Waals surface area contributed by atoms with Crippen molar-refractivity contribution < 1.29 is 14.3 Å². The van der Waals surface area contributed by atoms with Gasteiger partial charge in [-0.15, -0.1) is 24.0 Å². The summed E-state index contributed by atoms with van der Waals surface area (Å²) < 4.78 is 10.7. The molecule has 0 aromatic heterocycles. The smallest absolute Gasteiger partial charge is 0.241 e. The number of carbonyl (C=O) groups is 1. The molecule has 0 heterocycles. The molecule has 0 unspecified atom stereocenters. The van der Waals surface area contributed by atoms with E-state index >= 15 is 0 Å². The van der Waals surface area contributed by atoms with E-state index < -0.39 is 0 Å². The normalized spacial score (nSPS) is 14.6. The summed E-state index contributed by atoms with van der Waals surface area (Å²) in [5, 5.41) is 6.64. The zero-order chi connectivity index (χ0) is 19.6. The number of ether oxygens (including phenoxy) is 2. The van der Waals surface area contributed by atoms with Crippen LogP contribution in [0.2, 0.25) is 0 Å². The van der Waals surface area contributed by atoms with Gasteiger partial charge in [0.05, 0.1) is 27.3 Å². The SMILES string of the molecule is COc1ccc(CN=C(NCC(=O)N(C)C)NC2CCCCC2)c(OC)c1.I. The van der Waals surface area contributed by atoms with Crippen LogP contribution in [0.3, 0.4) is 0 Å². The summed E-state index contributed by atoms with van der Waals surface area (Å²) in [4.78, 5) is 18.2. The van der Waals surface area contributed by atoms with E-state index in [1.54, 1.807) is 33.2 Å². The molecule has 7 nitrogen and oxygen atoms in total. The van der Waals surface area contributed by atoms with Crippen molar-refractivity contribution in [3.05, 3.63) is 23.8 Å². The first-order valence-corrected chi connectivity index (χ1v) is 9.49. The maximum absolute atomic E-state index is 11.9. The first-order chi connectivity index (χ1) is 13.0. The van der Waals surface area contributed by atoms with Crippen molar-refractivity contribution in [1.29, 1.82) is 0 Å². The molecule has 2 rings (SSSR count).